The van der Waals surface area contributed by atoms with Crippen molar-refractivity contribution >= 4 is 23.5 Å². The number of nitrogens with one attached hydrogen (secondary N) is 1. The number of aromatic nitrogens is 3. The van der Waals surface area contributed by atoms with Crippen molar-refractivity contribution in [1.82, 2.24) is 20.3 Å². The van der Waals surface area contributed by atoms with Crippen LogP contribution in [-0.2, 0) is 17.6 Å². The molecule has 1 aliphatic rings. The van der Waals surface area contributed by atoms with Gasteiger partial charge in [0, 0.05) is 30.0 Å². The van der Waals surface area contributed by atoms with Gasteiger partial charge in [0.05, 0.1) is 0 Å². The average Bonchev–Trinajstić information content (AvgIpc) is 3.15. The number of pyridine rings is 1. The van der Waals surface area contributed by atoms with Crippen molar-refractivity contribution in [2.24, 2.45) is 0 Å². The third-order valence-corrected chi connectivity index (χ3v) is 5.65. The van der Waals surface area contributed by atoms with E-state index in [-0.39, 0.29) is 17.5 Å². The molecule has 0 unspecified atom stereocenters. The molecule has 0 radical (unpaired) electrons. The molecule has 2 aromatic heterocycles. The van der Waals surface area contributed by atoms with Gasteiger partial charge in [-0.25, -0.2) is 9.97 Å². The molecule has 0 saturated carbocycles. The first-order chi connectivity index (χ1) is 13.8. The van der Waals surface area contributed by atoms with Crippen LogP contribution in [0.25, 0.3) is 11.5 Å². The van der Waals surface area contributed by atoms with E-state index in [1.54, 1.807) is 18.0 Å². The van der Waals surface area contributed by atoms with Gasteiger partial charge in [0.15, 0.2) is 5.82 Å². The normalized spacial score (nSPS) is 14.4. The Balaban J connectivity index is 1.99. The largest absolute Gasteiger partial charge is 0.350 e. The Hall–Kier alpha value is -2.15. The predicted octanol–water partition coefficient (Wildman–Crippen LogP) is 3.50. The second-order valence-corrected chi connectivity index (χ2v) is 9.50. The Morgan fingerprint density at radius 1 is 1.28 bits per heavy atom. The summed E-state index contributed by atoms with van der Waals surface area (Å²) in [6.07, 6.45) is 7.56. The summed E-state index contributed by atoms with van der Waals surface area (Å²) in [4.78, 5) is 29.3. The Labute approximate surface area is 177 Å². The summed E-state index contributed by atoms with van der Waals surface area (Å²) in [7, 11) is 1.98. The van der Waals surface area contributed by atoms with E-state index in [9.17, 15) is 4.79 Å². The molecule has 0 bridgehead atoms. The number of thioether (sulfide) groups is 1. The number of anilines is 1. The zero-order valence-corrected chi connectivity index (χ0v) is 18.8. The van der Waals surface area contributed by atoms with Crippen molar-refractivity contribution < 1.29 is 4.79 Å². The molecule has 2 aromatic rings. The van der Waals surface area contributed by atoms with Gasteiger partial charge in [0.25, 0.3) is 0 Å². The van der Waals surface area contributed by atoms with Gasteiger partial charge in [0.2, 0.25) is 5.91 Å². The molecule has 1 aliphatic carbocycles. The number of likely N-dealkylation sites (N-methyl/N-ethyl adjacent to an activating group) is 1. The maximum Gasteiger partial charge on any atom is 0.243 e. The van der Waals surface area contributed by atoms with Crippen LogP contribution in [0.1, 0.15) is 44.9 Å². The highest BCUT2D eigenvalue weighted by atomic mass is 32.2. The third kappa shape index (κ3) is 5.26. The molecular formula is C22H31N5OS. The minimum atomic E-state index is -0.280. The SMILES string of the molecule is CSCC[C@@H](C(=O)NC(C)(C)C)N(C)c1nc(-c2ccccn2)nc2c1CCC2. The van der Waals surface area contributed by atoms with E-state index in [0.717, 1.165) is 48.6 Å². The maximum absolute atomic E-state index is 13.1. The van der Waals surface area contributed by atoms with Crippen molar-refractivity contribution in [2.75, 3.05) is 24.0 Å². The van der Waals surface area contributed by atoms with Crippen LogP contribution in [0.5, 0.6) is 0 Å². The van der Waals surface area contributed by atoms with Gasteiger partial charge >= 0.3 is 0 Å². The van der Waals surface area contributed by atoms with Gasteiger partial charge in [-0.2, -0.15) is 11.8 Å². The van der Waals surface area contributed by atoms with Crippen LogP contribution in [0.15, 0.2) is 24.4 Å². The third-order valence-electron chi connectivity index (χ3n) is 5.00. The van der Waals surface area contributed by atoms with Crippen molar-refractivity contribution in [3.63, 3.8) is 0 Å². The first-order valence-corrected chi connectivity index (χ1v) is 11.5. The van der Waals surface area contributed by atoms with Crippen molar-refractivity contribution in [2.45, 2.75) is 58.0 Å². The summed E-state index contributed by atoms with van der Waals surface area (Å²) < 4.78 is 0. The van der Waals surface area contributed by atoms with Gasteiger partial charge in [-0.3, -0.25) is 9.78 Å². The van der Waals surface area contributed by atoms with Crippen LogP contribution in [0.4, 0.5) is 5.82 Å². The van der Waals surface area contributed by atoms with Crippen LogP contribution in [0.2, 0.25) is 0 Å². The first-order valence-electron chi connectivity index (χ1n) is 10.1. The molecule has 156 valence electrons. The first kappa shape index (κ1) is 21.6. The second-order valence-electron chi connectivity index (χ2n) is 8.51. The Morgan fingerprint density at radius 3 is 2.72 bits per heavy atom. The Kier molecular flexibility index (Phi) is 6.77. The Bertz CT molecular complexity index is 850. The summed E-state index contributed by atoms with van der Waals surface area (Å²) in [5.74, 6) is 2.45. The number of rotatable bonds is 7. The lowest BCUT2D eigenvalue weighted by atomic mass is 10.1. The number of nitrogens with zero attached hydrogens (tertiary/aromatic N) is 4. The lowest BCUT2D eigenvalue weighted by Crippen LogP contribution is -2.52. The molecule has 0 aliphatic heterocycles. The molecule has 1 amide bonds. The molecule has 29 heavy (non-hydrogen) atoms. The lowest BCUT2D eigenvalue weighted by molar-refractivity contribution is -0.123. The minimum Gasteiger partial charge on any atom is -0.350 e. The highest BCUT2D eigenvalue weighted by molar-refractivity contribution is 7.98. The highest BCUT2D eigenvalue weighted by Gasteiger charge is 2.30. The monoisotopic (exact) mass is 413 g/mol. The topological polar surface area (TPSA) is 71.0 Å². The lowest BCUT2D eigenvalue weighted by Gasteiger charge is -2.32. The van der Waals surface area contributed by atoms with E-state index in [4.69, 9.17) is 9.97 Å². The average molecular weight is 414 g/mol. The standard InChI is InChI=1S/C22H31N5OS/c1-22(2,3)26-21(28)18(12-14-29-5)27(4)20-15-9-8-11-16(15)24-19(25-20)17-10-6-7-13-23-17/h6-7,10,13,18H,8-9,11-12,14H2,1-5H3,(H,26,28)/t18-/m0/s1. The number of hydrogen-bond donors (Lipinski definition) is 1. The molecule has 7 heteroatoms. The van der Waals surface area contributed by atoms with Crippen molar-refractivity contribution in [3.05, 3.63) is 35.7 Å². The summed E-state index contributed by atoms with van der Waals surface area (Å²) in [5, 5.41) is 3.15. The number of amides is 1. The summed E-state index contributed by atoms with van der Waals surface area (Å²) in [6.45, 7) is 6.04. The molecule has 0 fully saturated rings. The number of hydrogen-bond acceptors (Lipinski definition) is 6. The zero-order chi connectivity index (χ0) is 21.0. The van der Waals surface area contributed by atoms with Gasteiger partial charge < -0.3 is 10.2 Å². The van der Waals surface area contributed by atoms with Crippen LogP contribution in [0, 0.1) is 0 Å². The highest BCUT2D eigenvalue weighted by Crippen LogP contribution is 2.32. The van der Waals surface area contributed by atoms with Crippen LogP contribution in [-0.4, -0.2) is 51.5 Å². The smallest absolute Gasteiger partial charge is 0.243 e. The van der Waals surface area contributed by atoms with E-state index in [1.165, 1.54) is 5.56 Å². The molecule has 0 aromatic carbocycles. The minimum absolute atomic E-state index is 0.0406. The maximum atomic E-state index is 13.1. The number of aryl methyl sites for hydroxylation is 1. The van der Waals surface area contributed by atoms with Crippen molar-refractivity contribution in [1.29, 1.82) is 0 Å². The number of carbonyl (C=O) groups is 1. The summed E-state index contributed by atoms with van der Waals surface area (Å²) in [6, 6.07) is 5.48. The quantitative estimate of drug-likeness (QED) is 0.749. The van der Waals surface area contributed by atoms with E-state index in [2.05, 4.69) is 21.5 Å². The fourth-order valence-corrected chi connectivity index (χ4v) is 4.10. The van der Waals surface area contributed by atoms with Gasteiger partial charge in [-0.15, -0.1) is 0 Å². The van der Waals surface area contributed by atoms with E-state index >= 15 is 0 Å². The molecule has 1 atom stereocenters. The van der Waals surface area contributed by atoms with Crippen LogP contribution >= 0.6 is 11.8 Å². The van der Waals surface area contributed by atoms with Gasteiger partial charge in [-0.1, -0.05) is 6.07 Å². The number of carbonyl (C=O) groups excluding carboxylic acids is 1. The van der Waals surface area contributed by atoms with Gasteiger partial charge in [-0.05, 0) is 70.6 Å². The van der Waals surface area contributed by atoms with Crippen LogP contribution < -0.4 is 10.2 Å². The van der Waals surface area contributed by atoms with Crippen molar-refractivity contribution in [3.8, 4) is 11.5 Å². The predicted molar refractivity (Wildman–Crippen MR) is 120 cm³/mol. The van der Waals surface area contributed by atoms with Crippen LogP contribution in [0.3, 0.4) is 0 Å². The zero-order valence-electron chi connectivity index (χ0n) is 18.0. The fourth-order valence-electron chi connectivity index (χ4n) is 3.64. The molecule has 6 nitrogen and oxygen atoms in total. The molecule has 0 saturated heterocycles. The summed E-state index contributed by atoms with van der Waals surface area (Å²) in [5.41, 5.74) is 2.74. The molecule has 1 N–H and O–H groups in total. The number of fused-ring (bicyclic) bond motifs is 1. The fraction of sp³-hybridized carbons (Fsp3) is 0.545. The summed E-state index contributed by atoms with van der Waals surface area (Å²) >= 11 is 1.75. The second kappa shape index (κ2) is 9.11. The van der Waals surface area contributed by atoms with E-state index < -0.39 is 0 Å². The van der Waals surface area contributed by atoms with E-state index in [0.29, 0.717) is 5.82 Å². The Morgan fingerprint density at radius 2 is 2.07 bits per heavy atom. The molecule has 2 heterocycles. The molecular weight excluding hydrogens is 382 g/mol. The molecule has 3 rings (SSSR count). The molecule has 0 spiro atoms. The van der Waals surface area contributed by atoms with Gasteiger partial charge in [0.1, 0.15) is 17.6 Å². The van der Waals surface area contributed by atoms with E-state index in [1.807, 2.05) is 46.0 Å².